The topological polar surface area (TPSA) is 73.6 Å². The molecule has 4 rings (SSSR count). The Labute approximate surface area is 146 Å². The third-order valence-corrected chi connectivity index (χ3v) is 4.82. The van der Waals surface area contributed by atoms with Crippen molar-refractivity contribution in [2.24, 2.45) is 0 Å². The second kappa shape index (κ2) is 6.67. The quantitative estimate of drug-likeness (QED) is 0.842. The summed E-state index contributed by atoms with van der Waals surface area (Å²) >= 11 is 0. The molecular formula is C19H20FN5. The Morgan fingerprint density at radius 3 is 2.64 bits per heavy atom. The summed E-state index contributed by atoms with van der Waals surface area (Å²) in [5, 5.41) is 15.7. The minimum Gasteiger partial charge on any atom is -0.351 e. The molecule has 2 aromatic rings. The molecule has 2 N–H and O–H groups in total. The zero-order chi connectivity index (χ0) is 17.2. The Bertz CT molecular complexity index is 819. The van der Waals surface area contributed by atoms with Crippen LogP contribution in [-0.2, 0) is 0 Å². The molecule has 6 heteroatoms. The van der Waals surface area contributed by atoms with Gasteiger partial charge in [-0.15, -0.1) is 0 Å². The molecule has 0 atom stereocenters. The standard InChI is InChI=1S/C19H20FN5/c20-15-6-3-7-16(14(15)11-21)23-18-10-17(12-8-9-12)24-19(25-18)22-13-4-1-2-5-13/h3,6-7,10,12-13H,1-2,4-5,8-9H2,(H2,22,23,24,25). The first-order valence-corrected chi connectivity index (χ1v) is 8.84. The zero-order valence-corrected chi connectivity index (χ0v) is 13.9. The lowest BCUT2D eigenvalue weighted by Crippen LogP contribution is -2.17. The van der Waals surface area contributed by atoms with Gasteiger partial charge in [0.2, 0.25) is 5.95 Å². The fourth-order valence-electron chi connectivity index (χ4n) is 3.32. The van der Waals surface area contributed by atoms with Gasteiger partial charge in [0.05, 0.1) is 11.4 Å². The van der Waals surface area contributed by atoms with E-state index < -0.39 is 5.82 Å². The molecule has 25 heavy (non-hydrogen) atoms. The molecule has 0 radical (unpaired) electrons. The molecule has 0 amide bonds. The van der Waals surface area contributed by atoms with Gasteiger partial charge in [-0.1, -0.05) is 18.9 Å². The van der Waals surface area contributed by atoms with Crippen LogP contribution in [0.5, 0.6) is 0 Å². The second-order valence-electron chi connectivity index (χ2n) is 6.80. The molecule has 0 spiro atoms. The summed E-state index contributed by atoms with van der Waals surface area (Å²) in [4.78, 5) is 9.20. The predicted molar refractivity (Wildman–Crippen MR) is 94.3 cm³/mol. The van der Waals surface area contributed by atoms with Crippen LogP contribution in [0.25, 0.3) is 0 Å². The predicted octanol–water partition coefficient (Wildman–Crippen LogP) is 4.46. The number of halogens is 1. The van der Waals surface area contributed by atoms with Gasteiger partial charge in [-0.2, -0.15) is 10.2 Å². The van der Waals surface area contributed by atoms with Gasteiger partial charge in [0.1, 0.15) is 23.3 Å². The Balaban J connectivity index is 1.63. The molecule has 1 aromatic carbocycles. The van der Waals surface area contributed by atoms with Crippen LogP contribution in [0.2, 0.25) is 0 Å². The fourth-order valence-corrected chi connectivity index (χ4v) is 3.32. The van der Waals surface area contributed by atoms with Crippen LogP contribution in [0.3, 0.4) is 0 Å². The van der Waals surface area contributed by atoms with Gasteiger partial charge in [0.25, 0.3) is 0 Å². The summed E-state index contributed by atoms with van der Waals surface area (Å²) < 4.78 is 13.8. The molecule has 0 saturated heterocycles. The Morgan fingerprint density at radius 2 is 1.92 bits per heavy atom. The van der Waals surface area contributed by atoms with Crippen molar-refractivity contribution in [2.45, 2.75) is 50.5 Å². The van der Waals surface area contributed by atoms with Crippen molar-refractivity contribution in [2.75, 3.05) is 10.6 Å². The third-order valence-electron chi connectivity index (χ3n) is 4.82. The number of nitrogens with zero attached hydrogens (tertiary/aromatic N) is 3. The van der Waals surface area contributed by atoms with E-state index in [-0.39, 0.29) is 5.56 Å². The van der Waals surface area contributed by atoms with Crippen LogP contribution in [0.4, 0.5) is 21.8 Å². The average molecular weight is 337 g/mol. The van der Waals surface area contributed by atoms with Gasteiger partial charge < -0.3 is 10.6 Å². The van der Waals surface area contributed by atoms with E-state index >= 15 is 0 Å². The summed E-state index contributed by atoms with van der Waals surface area (Å²) in [6.07, 6.45) is 7.04. The summed E-state index contributed by atoms with van der Waals surface area (Å²) in [6.45, 7) is 0. The minimum atomic E-state index is -0.534. The number of aromatic nitrogens is 2. The van der Waals surface area contributed by atoms with Crippen LogP contribution in [0.15, 0.2) is 24.3 Å². The van der Waals surface area contributed by atoms with E-state index in [0.717, 1.165) is 31.4 Å². The number of nitriles is 1. The molecule has 2 aliphatic rings. The van der Waals surface area contributed by atoms with Crippen LogP contribution in [0, 0.1) is 17.1 Å². The van der Waals surface area contributed by atoms with Gasteiger partial charge >= 0.3 is 0 Å². The molecule has 0 aliphatic heterocycles. The van der Waals surface area contributed by atoms with Gasteiger partial charge in [0, 0.05) is 18.0 Å². The largest absolute Gasteiger partial charge is 0.351 e. The summed E-state index contributed by atoms with van der Waals surface area (Å²) in [6, 6.07) is 8.79. The lowest BCUT2D eigenvalue weighted by atomic mass is 10.2. The van der Waals surface area contributed by atoms with Crippen molar-refractivity contribution in [1.29, 1.82) is 5.26 Å². The Hall–Kier alpha value is -2.68. The summed E-state index contributed by atoms with van der Waals surface area (Å²) in [7, 11) is 0. The summed E-state index contributed by atoms with van der Waals surface area (Å²) in [5.74, 6) is 1.16. The van der Waals surface area contributed by atoms with Crippen LogP contribution < -0.4 is 10.6 Å². The number of hydrogen-bond donors (Lipinski definition) is 2. The molecule has 0 unspecified atom stereocenters. The highest BCUT2D eigenvalue weighted by molar-refractivity contribution is 5.65. The first-order chi connectivity index (χ1) is 12.2. The smallest absolute Gasteiger partial charge is 0.225 e. The first kappa shape index (κ1) is 15.8. The maximum absolute atomic E-state index is 13.8. The number of hydrogen-bond acceptors (Lipinski definition) is 5. The highest BCUT2D eigenvalue weighted by atomic mass is 19.1. The van der Waals surface area contributed by atoms with Crippen molar-refractivity contribution < 1.29 is 4.39 Å². The lowest BCUT2D eigenvalue weighted by molar-refractivity contribution is 0.624. The van der Waals surface area contributed by atoms with Crippen LogP contribution in [0.1, 0.15) is 55.7 Å². The zero-order valence-electron chi connectivity index (χ0n) is 13.9. The number of benzene rings is 1. The molecule has 1 aromatic heterocycles. The molecule has 128 valence electrons. The van der Waals surface area contributed by atoms with E-state index in [1.54, 1.807) is 12.1 Å². The molecule has 1 heterocycles. The van der Waals surface area contributed by atoms with E-state index in [2.05, 4.69) is 20.6 Å². The van der Waals surface area contributed by atoms with Crippen molar-refractivity contribution in [1.82, 2.24) is 9.97 Å². The highest BCUT2D eigenvalue weighted by Gasteiger charge is 2.27. The van der Waals surface area contributed by atoms with Gasteiger partial charge in [-0.3, -0.25) is 0 Å². The SMILES string of the molecule is N#Cc1c(F)cccc1Nc1cc(C2CC2)nc(NC2CCCC2)n1. The molecule has 2 aliphatic carbocycles. The molecule has 2 saturated carbocycles. The first-order valence-electron chi connectivity index (χ1n) is 8.84. The maximum Gasteiger partial charge on any atom is 0.225 e. The molecule has 2 fully saturated rings. The molecule has 5 nitrogen and oxygen atoms in total. The van der Waals surface area contributed by atoms with Gasteiger partial charge in [0.15, 0.2) is 0 Å². The van der Waals surface area contributed by atoms with E-state index in [9.17, 15) is 9.65 Å². The fraction of sp³-hybridized carbons (Fsp3) is 0.421. The van der Waals surface area contributed by atoms with Crippen LogP contribution in [-0.4, -0.2) is 16.0 Å². The van der Waals surface area contributed by atoms with E-state index in [4.69, 9.17) is 0 Å². The Kier molecular flexibility index (Phi) is 4.22. The summed E-state index contributed by atoms with van der Waals surface area (Å²) in [5.41, 5.74) is 1.43. The van der Waals surface area contributed by atoms with E-state index in [0.29, 0.717) is 29.4 Å². The van der Waals surface area contributed by atoms with Gasteiger partial charge in [-0.25, -0.2) is 9.37 Å². The number of rotatable bonds is 5. The normalized spacial score (nSPS) is 17.3. The highest BCUT2D eigenvalue weighted by Crippen LogP contribution is 2.40. The molecular weight excluding hydrogens is 317 g/mol. The number of anilines is 3. The molecule has 0 bridgehead atoms. The van der Waals surface area contributed by atoms with Gasteiger partial charge in [-0.05, 0) is 37.8 Å². The second-order valence-corrected chi connectivity index (χ2v) is 6.80. The Morgan fingerprint density at radius 1 is 1.12 bits per heavy atom. The maximum atomic E-state index is 13.8. The average Bonchev–Trinajstić information content (AvgIpc) is 3.33. The van der Waals surface area contributed by atoms with Crippen molar-refractivity contribution >= 4 is 17.5 Å². The minimum absolute atomic E-state index is 0.000568. The van der Waals surface area contributed by atoms with Crippen molar-refractivity contribution in [3.63, 3.8) is 0 Å². The number of nitrogens with one attached hydrogen (secondary N) is 2. The lowest BCUT2D eigenvalue weighted by Gasteiger charge is -2.15. The van der Waals surface area contributed by atoms with E-state index in [1.165, 1.54) is 18.9 Å². The van der Waals surface area contributed by atoms with Crippen molar-refractivity contribution in [3.05, 3.63) is 41.3 Å². The van der Waals surface area contributed by atoms with E-state index in [1.807, 2.05) is 12.1 Å². The van der Waals surface area contributed by atoms with Crippen LogP contribution >= 0.6 is 0 Å². The third kappa shape index (κ3) is 3.55. The van der Waals surface area contributed by atoms with Crippen molar-refractivity contribution in [3.8, 4) is 6.07 Å². The monoisotopic (exact) mass is 337 g/mol.